The second kappa shape index (κ2) is 9.13. The molecule has 25 heavy (non-hydrogen) atoms. The quantitative estimate of drug-likeness (QED) is 0.790. The molecule has 0 radical (unpaired) electrons. The third-order valence-corrected chi connectivity index (χ3v) is 3.69. The predicted molar refractivity (Wildman–Crippen MR) is 97.2 cm³/mol. The molecule has 0 atom stereocenters. The first-order valence-electron chi connectivity index (χ1n) is 7.97. The highest BCUT2D eigenvalue weighted by Gasteiger charge is 2.12. The van der Waals surface area contributed by atoms with Gasteiger partial charge in [-0.15, -0.1) is 0 Å². The Morgan fingerprint density at radius 1 is 1.24 bits per heavy atom. The molecule has 0 saturated heterocycles. The molecule has 7 heteroatoms. The fourth-order valence-corrected chi connectivity index (χ4v) is 2.56. The van der Waals surface area contributed by atoms with Crippen LogP contribution in [0.2, 0.25) is 5.02 Å². The Labute approximate surface area is 152 Å². The average Bonchev–Trinajstić information content (AvgIpc) is 2.60. The summed E-state index contributed by atoms with van der Waals surface area (Å²) in [7, 11) is 1.55. The van der Waals surface area contributed by atoms with Gasteiger partial charge in [0, 0.05) is 12.2 Å². The summed E-state index contributed by atoms with van der Waals surface area (Å²) >= 11 is 6.22. The summed E-state index contributed by atoms with van der Waals surface area (Å²) < 4.78 is 10.8. The van der Waals surface area contributed by atoms with Crippen LogP contribution in [0.3, 0.4) is 0 Å². The van der Waals surface area contributed by atoms with Gasteiger partial charge < -0.3 is 20.1 Å². The van der Waals surface area contributed by atoms with E-state index in [1.54, 1.807) is 19.2 Å². The molecular weight excluding hydrogens is 342 g/mol. The average molecular weight is 364 g/mol. The second-order valence-corrected chi connectivity index (χ2v) is 5.76. The Bertz CT molecular complexity index is 738. The van der Waals surface area contributed by atoms with Crippen LogP contribution in [0.25, 0.3) is 0 Å². The van der Waals surface area contributed by atoms with E-state index in [0.29, 0.717) is 36.2 Å². The van der Waals surface area contributed by atoms with E-state index in [2.05, 4.69) is 15.6 Å². The van der Waals surface area contributed by atoms with E-state index in [-0.39, 0.29) is 6.03 Å². The number of carbonyl (C=O) groups is 1. The number of aryl methyl sites for hydroxylation is 1. The van der Waals surface area contributed by atoms with Gasteiger partial charge in [0.1, 0.15) is 0 Å². The van der Waals surface area contributed by atoms with Gasteiger partial charge in [0.15, 0.2) is 11.5 Å². The van der Waals surface area contributed by atoms with Crippen LogP contribution in [0.5, 0.6) is 11.5 Å². The molecule has 0 fully saturated rings. The predicted octanol–water partition coefficient (Wildman–Crippen LogP) is 3.45. The van der Waals surface area contributed by atoms with E-state index in [1.165, 1.54) is 0 Å². The largest absolute Gasteiger partial charge is 0.493 e. The number of ether oxygens (including phenoxy) is 2. The van der Waals surface area contributed by atoms with Crippen molar-refractivity contribution in [3.8, 4) is 11.5 Å². The minimum Gasteiger partial charge on any atom is -0.493 e. The molecule has 1 aromatic heterocycles. The number of methoxy groups -OCH3 is 1. The summed E-state index contributed by atoms with van der Waals surface area (Å²) in [5.41, 5.74) is 2.53. The lowest BCUT2D eigenvalue weighted by Crippen LogP contribution is -2.34. The zero-order valence-corrected chi connectivity index (χ0v) is 15.3. The number of hydrogen-bond donors (Lipinski definition) is 2. The molecule has 6 nitrogen and oxygen atoms in total. The number of nitrogens with one attached hydrogen (secondary N) is 2. The zero-order valence-electron chi connectivity index (χ0n) is 14.6. The van der Waals surface area contributed by atoms with Crippen molar-refractivity contribution < 1.29 is 14.3 Å². The molecule has 0 aliphatic rings. The summed E-state index contributed by atoms with van der Waals surface area (Å²) in [4.78, 5) is 16.3. The van der Waals surface area contributed by atoms with Crippen LogP contribution in [0.1, 0.15) is 23.9 Å². The van der Waals surface area contributed by atoms with Crippen LogP contribution in [-0.2, 0) is 13.1 Å². The van der Waals surface area contributed by atoms with Crippen LogP contribution >= 0.6 is 11.6 Å². The summed E-state index contributed by atoms with van der Waals surface area (Å²) in [6, 6.07) is 8.94. The number of urea groups is 1. The van der Waals surface area contributed by atoms with E-state index in [0.717, 1.165) is 17.0 Å². The Morgan fingerprint density at radius 2 is 2.00 bits per heavy atom. The summed E-state index contributed by atoms with van der Waals surface area (Å²) in [6.45, 7) is 4.95. The topological polar surface area (TPSA) is 72.5 Å². The van der Waals surface area contributed by atoms with E-state index in [4.69, 9.17) is 21.1 Å². The lowest BCUT2D eigenvalue weighted by atomic mass is 10.2. The number of amides is 2. The Hall–Kier alpha value is -2.47. The van der Waals surface area contributed by atoms with Gasteiger partial charge in [-0.2, -0.15) is 0 Å². The van der Waals surface area contributed by atoms with Crippen molar-refractivity contribution in [2.24, 2.45) is 0 Å². The number of pyridine rings is 1. The van der Waals surface area contributed by atoms with E-state index in [1.807, 2.05) is 32.0 Å². The summed E-state index contributed by atoms with van der Waals surface area (Å²) in [5.74, 6) is 1.04. The second-order valence-electron chi connectivity index (χ2n) is 5.35. The normalized spacial score (nSPS) is 10.2. The lowest BCUT2D eigenvalue weighted by molar-refractivity contribution is 0.240. The van der Waals surface area contributed by atoms with Crippen molar-refractivity contribution in [3.05, 3.63) is 52.3 Å². The first-order chi connectivity index (χ1) is 12.0. The van der Waals surface area contributed by atoms with E-state index in [9.17, 15) is 4.79 Å². The van der Waals surface area contributed by atoms with Crippen molar-refractivity contribution in [2.45, 2.75) is 26.9 Å². The molecule has 2 aromatic rings. The van der Waals surface area contributed by atoms with Gasteiger partial charge in [0.25, 0.3) is 0 Å². The third-order valence-electron chi connectivity index (χ3n) is 3.41. The van der Waals surface area contributed by atoms with Crippen LogP contribution < -0.4 is 20.1 Å². The summed E-state index contributed by atoms with van der Waals surface area (Å²) in [6.07, 6.45) is 0. The van der Waals surface area contributed by atoms with Gasteiger partial charge in [-0.1, -0.05) is 17.7 Å². The molecule has 134 valence electrons. The first-order valence-corrected chi connectivity index (χ1v) is 8.34. The third kappa shape index (κ3) is 5.53. The maximum absolute atomic E-state index is 11.9. The minimum absolute atomic E-state index is 0.285. The number of benzene rings is 1. The maximum Gasteiger partial charge on any atom is 0.315 e. The monoisotopic (exact) mass is 363 g/mol. The summed E-state index contributed by atoms with van der Waals surface area (Å²) in [5, 5.41) is 6.00. The van der Waals surface area contributed by atoms with Crippen molar-refractivity contribution in [1.29, 1.82) is 0 Å². The molecule has 2 N–H and O–H groups in total. The highest BCUT2D eigenvalue weighted by Crippen LogP contribution is 2.36. The highest BCUT2D eigenvalue weighted by molar-refractivity contribution is 6.32. The molecule has 0 spiro atoms. The Kier molecular flexibility index (Phi) is 6.89. The van der Waals surface area contributed by atoms with E-state index >= 15 is 0 Å². The number of hydrogen-bond acceptors (Lipinski definition) is 4. The van der Waals surface area contributed by atoms with Gasteiger partial charge in [0.05, 0.1) is 31.0 Å². The molecule has 0 unspecified atom stereocenters. The van der Waals surface area contributed by atoms with Crippen molar-refractivity contribution in [3.63, 3.8) is 0 Å². The number of aromatic nitrogens is 1. The number of halogens is 1. The van der Waals surface area contributed by atoms with Crippen molar-refractivity contribution in [2.75, 3.05) is 13.7 Å². The molecule has 0 saturated carbocycles. The molecule has 0 bridgehead atoms. The fourth-order valence-electron chi connectivity index (χ4n) is 2.27. The van der Waals surface area contributed by atoms with Gasteiger partial charge >= 0.3 is 6.03 Å². The van der Waals surface area contributed by atoms with Gasteiger partial charge in [-0.05, 0) is 43.7 Å². The number of carbonyl (C=O) groups excluding carboxylic acids is 1. The van der Waals surface area contributed by atoms with Crippen LogP contribution in [0.15, 0.2) is 30.3 Å². The molecule has 1 heterocycles. The zero-order chi connectivity index (χ0) is 18.2. The fraction of sp³-hybridized carbons (Fsp3) is 0.333. The first kappa shape index (κ1) is 18.9. The Morgan fingerprint density at radius 3 is 2.68 bits per heavy atom. The SMILES string of the molecule is CCOc1c(Cl)cc(CNC(=O)NCc2cccc(C)n2)cc1OC. The van der Waals surface area contributed by atoms with E-state index < -0.39 is 0 Å². The molecule has 1 aromatic carbocycles. The van der Waals surface area contributed by atoms with Crippen molar-refractivity contribution >= 4 is 17.6 Å². The standard InChI is InChI=1S/C18H22ClN3O3/c1-4-25-17-15(19)8-13(9-16(17)24-3)10-20-18(23)21-11-14-7-5-6-12(2)22-14/h5-9H,4,10-11H2,1-3H3,(H2,20,21,23). The minimum atomic E-state index is -0.285. The number of nitrogens with zero attached hydrogens (tertiary/aromatic N) is 1. The maximum atomic E-state index is 11.9. The van der Waals surface area contributed by atoms with Crippen LogP contribution in [0.4, 0.5) is 4.79 Å². The molecule has 2 rings (SSSR count). The molecule has 0 aliphatic carbocycles. The van der Waals surface area contributed by atoms with Gasteiger partial charge in [-0.3, -0.25) is 4.98 Å². The molecular formula is C18H22ClN3O3. The molecule has 2 amide bonds. The van der Waals surface area contributed by atoms with Gasteiger partial charge in [0.2, 0.25) is 0 Å². The van der Waals surface area contributed by atoms with Crippen LogP contribution in [0, 0.1) is 6.92 Å². The number of rotatable bonds is 7. The molecule has 0 aliphatic heterocycles. The lowest BCUT2D eigenvalue weighted by Gasteiger charge is -2.14. The van der Waals surface area contributed by atoms with Crippen LogP contribution in [-0.4, -0.2) is 24.7 Å². The smallest absolute Gasteiger partial charge is 0.315 e. The van der Waals surface area contributed by atoms with Gasteiger partial charge in [-0.25, -0.2) is 4.79 Å². The van der Waals surface area contributed by atoms with Crippen molar-refractivity contribution in [1.82, 2.24) is 15.6 Å². The highest BCUT2D eigenvalue weighted by atomic mass is 35.5. The Balaban J connectivity index is 1.92.